The van der Waals surface area contributed by atoms with Gasteiger partial charge >= 0.3 is 0 Å². The largest absolute Gasteiger partial charge is 0.376 e. The molecule has 0 fully saturated rings. The molecule has 7 heteroatoms. The fourth-order valence-corrected chi connectivity index (χ4v) is 3.36. The van der Waals surface area contributed by atoms with Gasteiger partial charge in [0.05, 0.1) is 16.9 Å². The van der Waals surface area contributed by atoms with E-state index in [1.165, 1.54) is 0 Å². The number of rotatable bonds is 4. The normalized spacial score (nSPS) is 11.5. The molecule has 0 aliphatic rings. The summed E-state index contributed by atoms with van der Waals surface area (Å²) in [6, 6.07) is 3.87. The maximum Gasteiger partial charge on any atom is 0.278 e. The van der Waals surface area contributed by atoms with Crippen molar-refractivity contribution in [3.63, 3.8) is 0 Å². The average molecular weight is 374 g/mol. The first-order valence-electron chi connectivity index (χ1n) is 8.72. The fraction of sp³-hybridized carbons (Fsp3) is 0.421. The Balaban J connectivity index is 2.34. The molecule has 0 bridgehead atoms. The predicted octanol–water partition coefficient (Wildman–Crippen LogP) is 3.73. The summed E-state index contributed by atoms with van der Waals surface area (Å²) in [6.45, 7) is 8.53. The van der Waals surface area contributed by atoms with Gasteiger partial charge in [0, 0.05) is 26.3 Å². The van der Waals surface area contributed by atoms with Crippen LogP contribution in [0, 0.1) is 6.92 Å². The van der Waals surface area contributed by atoms with E-state index in [0.29, 0.717) is 28.6 Å². The second kappa shape index (κ2) is 6.76. The van der Waals surface area contributed by atoms with E-state index in [0.717, 1.165) is 16.9 Å². The molecule has 0 aliphatic heterocycles. The van der Waals surface area contributed by atoms with E-state index in [1.807, 2.05) is 45.0 Å². The molecular formula is C19H24ClN5O. The first-order chi connectivity index (χ1) is 12.3. The molecule has 0 amide bonds. The molecule has 3 aromatic heterocycles. The molecule has 0 atom stereocenters. The van der Waals surface area contributed by atoms with Gasteiger partial charge in [-0.3, -0.25) is 9.36 Å². The molecular weight excluding hydrogens is 350 g/mol. The first-order valence-corrected chi connectivity index (χ1v) is 9.10. The van der Waals surface area contributed by atoms with Crippen LogP contribution in [0.2, 0.25) is 5.02 Å². The number of hydrogen-bond acceptors (Lipinski definition) is 4. The Labute approximate surface area is 158 Å². The SMILES string of the molecule is CCn1c(-c2ncc(N(C)C)cc2Cl)nn2c(C)cc(C(C)C)c2c1=O. The van der Waals surface area contributed by atoms with E-state index in [2.05, 4.69) is 18.8 Å². The molecule has 0 aromatic carbocycles. The predicted molar refractivity (Wildman–Crippen MR) is 107 cm³/mol. The zero-order valence-corrected chi connectivity index (χ0v) is 16.8. The fourth-order valence-electron chi connectivity index (χ4n) is 3.11. The summed E-state index contributed by atoms with van der Waals surface area (Å²) in [5, 5.41) is 5.20. The third-order valence-corrected chi connectivity index (χ3v) is 4.86. The quantitative estimate of drug-likeness (QED) is 0.699. The zero-order valence-electron chi connectivity index (χ0n) is 16.0. The summed E-state index contributed by atoms with van der Waals surface area (Å²) in [5.74, 6) is 0.722. The molecule has 0 saturated heterocycles. The van der Waals surface area contributed by atoms with E-state index in [1.54, 1.807) is 15.3 Å². The van der Waals surface area contributed by atoms with E-state index in [-0.39, 0.29) is 11.5 Å². The first kappa shape index (κ1) is 18.5. The van der Waals surface area contributed by atoms with Crippen LogP contribution in [0.3, 0.4) is 0 Å². The molecule has 138 valence electrons. The number of anilines is 1. The zero-order chi connectivity index (χ0) is 19.2. The number of aromatic nitrogens is 4. The average Bonchev–Trinajstić information content (AvgIpc) is 2.92. The highest BCUT2D eigenvalue weighted by atomic mass is 35.5. The minimum Gasteiger partial charge on any atom is -0.376 e. The van der Waals surface area contributed by atoms with E-state index in [4.69, 9.17) is 16.7 Å². The molecule has 0 unspecified atom stereocenters. The van der Waals surface area contributed by atoms with Crippen molar-refractivity contribution in [1.29, 1.82) is 0 Å². The highest BCUT2D eigenvalue weighted by Gasteiger charge is 2.21. The Kier molecular flexibility index (Phi) is 4.80. The summed E-state index contributed by atoms with van der Waals surface area (Å²) in [6.07, 6.45) is 1.74. The molecule has 0 N–H and O–H groups in total. The summed E-state index contributed by atoms with van der Waals surface area (Å²) < 4.78 is 3.36. The Hall–Kier alpha value is -2.34. The summed E-state index contributed by atoms with van der Waals surface area (Å²) in [4.78, 5) is 19.6. The lowest BCUT2D eigenvalue weighted by atomic mass is 10.1. The minimum atomic E-state index is -0.0659. The topological polar surface area (TPSA) is 55.4 Å². The molecule has 0 radical (unpaired) electrons. The number of hydrogen-bond donors (Lipinski definition) is 0. The van der Waals surface area contributed by atoms with Crippen molar-refractivity contribution in [3.8, 4) is 11.5 Å². The van der Waals surface area contributed by atoms with Gasteiger partial charge in [0.2, 0.25) is 0 Å². The van der Waals surface area contributed by atoms with Crippen LogP contribution in [-0.4, -0.2) is 33.3 Å². The summed E-state index contributed by atoms with van der Waals surface area (Å²) >= 11 is 6.48. The van der Waals surface area contributed by atoms with Crippen LogP contribution in [0.4, 0.5) is 5.69 Å². The van der Waals surface area contributed by atoms with Gasteiger partial charge in [-0.1, -0.05) is 25.4 Å². The van der Waals surface area contributed by atoms with Gasteiger partial charge in [-0.25, -0.2) is 9.50 Å². The smallest absolute Gasteiger partial charge is 0.278 e. The Morgan fingerprint density at radius 1 is 1.27 bits per heavy atom. The molecule has 3 aromatic rings. The van der Waals surface area contributed by atoms with Crippen LogP contribution in [0.15, 0.2) is 23.1 Å². The van der Waals surface area contributed by atoms with Gasteiger partial charge in [0.15, 0.2) is 5.82 Å². The lowest BCUT2D eigenvalue weighted by Crippen LogP contribution is -2.26. The van der Waals surface area contributed by atoms with Crippen molar-refractivity contribution in [2.24, 2.45) is 0 Å². The van der Waals surface area contributed by atoms with Crippen molar-refractivity contribution in [2.45, 2.75) is 40.2 Å². The van der Waals surface area contributed by atoms with Crippen molar-refractivity contribution in [2.75, 3.05) is 19.0 Å². The molecule has 3 rings (SSSR count). The standard InChI is InChI=1S/C19H24ClN5O/c1-7-24-18(16-15(20)9-13(10-21-16)23(5)6)22-25-12(4)8-14(11(2)3)17(25)19(24)26/h8-11H,7H2,1-6H3. The third kappa shape index (κ3) is 2.88. The second-order valence-corrected chi connectivity index (χ2v) is 7.35. The number of pyridine rings is 1. The Morgan fingerprint density at radius 2 is 1.96 bits per heavy atom. The van der Waals surface area contributed by atoms with Gasteiger partial charge in [-0.05, 0) is 37.5 Å². The van der Waals surface area contributed by atoms with Crippen LogP contribution in [0.5, 0.6) is 0 Å². The molecule has 3 heterocycles. The van der Waals surface area contributed by atoms with Crippen molar-refractivity contribution >= 4 is 22.8 Å². The van der Waals surface area contributed by atoms with Crippen molar-refractivity contribution < 1.29 is 0 Å². The maximum absolute atomic E-state index is 13.2. The lowest BCUT2D eigenvalue weighted by molar-refractivity contribution is 0.684. The van der Waals surface area contributed by atoms with Gasteiger partial charge < -0.3 is 4.90 Å². The van der Waals surface area contributed by atoms with Crippen LogP contribution >= 0.6 is 11.6 Å². The van der Waals surface area contributed by atoms with Gasteiger partial charge in [-0.15, -0.1) is 5.10 Å². The number of nitrogens with zero attached hydrogens (tertiary/aromatic N) is 5. The van der Waals surface area contributed by atoms with Crippen LogP contribution in [0.1, 0.15) is 37.9 Å². The van der Waals surface area contributed by atoms with Crippen LogP contribution in [0.25, 0.3) is 17.0 Å². The number of aryl methyl sites for hydroxylation is 1. The summed E-state index contributed by atoms with van der Waals surface area (Å²) in [7, 11) is 3.85. The monoisotopic (exact) mass is 373 g/mol. The molecule has 0 saturated carbocycles. The van der Waals surface area contributed by atoms with Gasteiger partial charge in [0.25, 0.3) is 5.56 Å². The van der Waals surface area contributed by atoms with E-state index < -0.39 is 0 Å². The maximum atomic E-state index is 13.2. The second-order valence-electron chi connectivity index (χ2n) is 6.95. The van der Waals surface area contributed by atoms with E-state index >= 15 is 0 Å². The van der Waals surface area contributed by atoms with Gasteiger partial charge in [0.1, 0.15) is 11.2 Å². The highest BCUT2D eigenvalue weighted by molar-refractivity contribution is 6.33. The van der Waals surface area contributed by atoms with E-state index in [9.17, 15) is 4.79 Å². The molecule has 0 spiro atoms. The molecule has 0 aliphatic carbocycles. The third-order valence-electron chi connectivity index (χ3n) is 4.58. The van der Waals surface area contributed by atoms with Crippen molar-refractivity contribution in [1.82, 2.24) is 19.2 Å². The Bertz CT molecular complexity index is 1030. The highest BCUT2D eigenvalue weighted by Crippen LogP contribution is 2.28. The van der Waals surface area contributed by atoms with Crippen molar-refractivity contribution in [3.05, 3.63) is 45.0 Å². The van der Waals surface area contributed by atoms with Gasteiger partial charge in [-0.2, -0.15) is 0 Å². The number of fused-ring (bicyclic) bond motifs is 1. The Morgan fingerprint density at radius 3 is 2.50 bits per heavy atom. The van der Waals surface area contributed by atoms with Crippen LogP contribution < -0.4 is 10.5 Å². The van der Waals surface area contributed by atoms with Crippen LogP contribution in [-0.2, 0) is 6.54 Å². The summed E-state index contributed by atoms with van der Waals surface area (Å²) in [5.41, 5.74) is 3.90. The molecule has 6 nitrogen and oxygen atoms in total. The minimum absolute atomic E-state index is 0.0659. The number of halogens is 1. The lowest BCUT2D eigenvalue weighted by Gasteiger charge is -2.16. The molecule has 26 heavy (non-hydrogen) atoms.